The second-order valence-electron chi connectivity index (χ2n) is 2.78. The molecular weight excluding hydrogens is 188 g/mol. The predicted octanol–water partition coefficient (Wildman–Crippen LogP) is 2.17. The second kappa shape index (κ2) is 2.87. The fourth-order valence-electron chi connectivity index (χ4n) is 1.18. The molecule has 0 unspecified atom stereocenters. The normalized spacial score (nSPS) is 11.9. The molecule has 1 aromatic heterocycles. The molecule has 2 rings (SSSR count). The standard InChI is InChI=1S/C9H7F2N3/c1-2-9(10,11)14-8-6-4-3-5-7(8)12-13-14/h2-6H,1H2. The first kappa shape index (κ1) is 8.80. The molecule has 0 saturated heterocycles. The lowest BCUT2D eigenvalue weighted by atomic mass is 10.3. The fourth-order valence-corrected chi connectivity index (χ4v) is 1.18. The second-order valence-corrected chi connectivity index (χ2v) is 2.78. The van der Waals surface area contributed by atoms with E-state index in [2.05, 4.69) is 16.9 Å². The molecule has 2 aromatic rings. The summed E-state index contributed by atoms with van der Waals surface area (Å²) in [5.41, 5.74) is 0.728. The number of halogens is 2. The van der Waals surface area contributed by atoms with Gasteiger partial charge in [-0.25, -0.2) is 0 Å². The molecule has 0 radical (unpaired) electrons. The molecule has 0 aliphatic carbocycles. The van der Waals surface area contributed by atoms with E-state index < -0.39 is 6.05 Å². The topological polar surface area (TPSA) is 30.7 Å². The summed E-state index contributed by atoms with van der Waals surface area (Å²) < 4.78 is 26.9. The van der Waals surface area contributed by atoms with E-state index in [4.69, 9.17) is 0 Å². The van der Waals surface area contributed by atoms with E-state index in [0.29, 0.717) is 16.3 Å². The van der Waals surface area contributed by atoms with E-state index in [-0.39, 0.29) is 5.52 Å². The maximum Gasteiger partial charge on any atom is 0.365 e. The van der Waals surface area contributed by atoms with E-state index in [1.807, 2.05) is 0 Å². The maximum atomic E-state index is 13.2. The van der Waals surface area contributed by atoms with E-state index in [9.17, 15) is 8.78 Å². The smallest absolute Gasteiger partial charge is 0.177 e. The summed E-state index contributed by atoms with van der Waals surface area (Å²) in [4.78, 5) is 0. The molecule has 72 valence electrons. The third kappa shape index (κ3) is 1.17. The summed E-state index contributed by atoms with van der Waals surface area (Å²) in [5, 5.41) is 7.00. The van der Waals surface area contributed by atoms with Gasteiger partial charge in [0.25, 0.3) is 0 Å². The van der Waals surface area contributed by atoms with Crippen molar-refractivity contribution >= 4 is 11.0 Å². The lowest BCUT2D eigenvalue weighted by Gasteiger charge is -2.10. The van der Waals surface area contributed by atoms with Crippen molar-refractivity contribution in [3.8, 4) is 0 Å². The van der Waals surface area contributed by atoms with Gasteiger partial charge in [0.15, 0.2) is 0 Å². The van der Waals surface area contributed by atoms with E-state index in [0.717, 1.165) is 0 Å². The first-order valence-electron chi connectivity index (χ1n) is 3.97. The summed E-state index contributed by atoms with van der Waals surface area (Å²) in [5.74, 6) is 0. The highest BCUT2D eigenvalue weighted by atomic mass is 19.3. The van der Waals surface area contributed by atoms with Crippen molar-refractivity contribution in [3.63, 3.8) is 0 Å². The van der Waals surface area contributed by atoms with Crippen LogP contribution in [0.1, 0.15) is 0 Å². The van der Waals surface area contributed by atoms with E-state index in [1.54, 1.807) is 18.2 Å². The van der Waals surface area contributed by atoms with Gasteiger partial charge in [0.1, 0.15) is 5.52 Å². The number of allylic oxidation sites excluding steroid dienone is 1. The van der Waals surface area contributed by atoms with Crippen molar-refractivity contribution in [2.24, 2.45) is 0 Å². The molecule has 1 aromatic carbocycles. The minimum Gasteiger partial charge on any atom is -0.177 e. The number of nitrogens with zero attached hydrogens (tertiary/aromatic N) is 3. The number of alkyl halides is 2. The van der Waals surface area contributed by atoms with Crippen molar-refractivity contribution in [2.45, 2.75) is 6.05 Å². The lowest BCUT2D eigenvalue weighted by molar-refractivity contribution is -0.0366. The van der Waals surface area contributed by atoms with Crippen LogP contribution >= 0.6 is 0 Å². The van der Waals surface area contributed by atoms with Gasteiger partial charge in [-0.05, 0) is 12.1 Å². The lowest BCUT2D eigenvalue weighted by Crippen LogP contribution is -2.21. The molecule has 5 heteroatoms. The zero-order valence-corrected chi connectivity index (χ0v) is 7.19. The Morgan fingerprint density at radius 3 is 2.79 bits per heavy atom. The van der Waals surface area contributed by atoms with Gasteiger partial charge in [0.2, 0.25) is 0 Å². The number of benzene rings is 1. The van der Waals surface area contributed by atoms with Crippen LogP contribution in [0, 0.1) is 0 Å². The number of aromatic nitrogens is 3. The molecule has 0 N–H and O–H groups in total. The Labute approximate surface area is 78.6 Å². The molecule has 0 bridgehead atoms. The summed E-state index contributed by atoms with van der Waals surface area (Å²) in [6, 6.07) is 3.33. The first-order valence-corrected chi connectivity index (χ1v) is 3.97. The summed E-state index contributed by atoms with van der Waals surface area (Å²) >= 11 is 0. The van der Waals surface area contributed by atoms with Crippen molar-refractivity contribution in [1.82, 2.24) is 15.0 Å². The number of hydrogen-bond acceptors (Lipinski definition) is 2. The monoisotopic (exact) mass is 195 g/mol. The van der Waals surface area contributed by atoms with Gasteiger partial charge >= 0.3 is 6.05 Å². The molecular formula is C9H7F2N3. The van der Waals surface area contributed by atoms with E-state index in [1.165, 1.54) is 6.07 Å². The van der Waals surface area contributed by atoms with Gasteiger partial charge in [-0.3, -0.25) is 0 Å². The molecule has 0 aliphatic heterocycles. The molecule has 3 nitrogen and oxygen atoms in total. The number of rotatable bonds is 2. The highest BCUT2D eigenvalue weighted by molar-refractivity contribution is 5.74. The Kier molecular flexibility index (Phi) is 1.80. The van der Waals surface area contributed by atoms with Gasteiger partial charge in [-0.1, -0.05) is 23.9 Å². The average Bonchev–Trinajstić information content (AvgIpc) is 2.61. The van der Waals surface area contributed by atoms with Crippen LogP contribution in [0.2, 0.25) is 0 Å². The van der Waals surface area contributed by atoms with Crippen molar-refractivity contribution < 1.29 is 8.78 Å². The van der Waals surface area contributed by atoms with E-state index >= 15 is 0 Å². The number of hydrogen-bond donors (Lipinski definition) is 0. The van der Waals surface area contributed by atoms with Crippen LogP contribution in [0.4, 0.5) is 8.78 Å². The third-order valence-corrected chi connectivity index (χ3v) is 1.88. The van der Waals surface area contributed by atoms with Gasteiger partial charge in [-0.2, -0.15) is 13.5 Å². The highest BCUT2D eigenvalue weighted by Crippen LogP contribution is 2.24. The highest BCUT2D eigenvalue weighted by Gasteiger charge is 2.29. The average molecular weight is 195 g/mol. The minimum atomic E-state index is -3.20. The molecule has 14 heavy (non-hydrogen) atoms. The minimum absolute atomic E-state index is 0.289. The Morgan fingerprint density at radius 1 is 1.36 bits per heavy atom. The summed E-state index contributed by atoms with van der Waals surface area (Å²) in [6.45, 7) is 3.06. The maximum absolute atomic E-state index is 13.2. The molecule has 0 saturated carbocycles. The first-order chi connectivity index (χ1) is 6.65. The molecule has 0 fully saturated rings. The van der Waals surface area contributed by atoms with Gasteiger partial charge in [0, 0.05) is 6.08 Å². The molecule has 0 aliphatic rings. The van der Waals surface area contributed by atoms with Gasteiger partial charge in [0.05, 0.1) is 5.52 Å². The summed E-state index contributed by atoms with van der Waals surface area (Å²) in [6.07, 6.45) is 0.536. The van der Waals surface area contributed by atoms with Crippen LogP contribution in [0.15, 0.2) is 36.9 Å². The molecule has 1 heterocycles. The van der Waals surface area contributed by atoms with Crippen LogP contribution in [0.25, 0.3) is 11.0 Å². The number of para-hydroxylation sites is 1. The number of fused-ring (bicyclic) bond motifs is 1. The Morgan fingerprint density at radius 2 is 2.07 bits per heavy atom. The van der Waals surface area contributed by atoms with Crippen LogP contribution in [0.5, 0.6) is 0 Å². The van der Waals surface area contributed by atoms with Crippen LogP contribution in [-0.2, 0) is 6.05 Å². The Hall–Kier alpha value is -1.78. The SMILES string of the molecule is C=CC(F)(F)n1nnc2ccccc21. The van der Waals surface area contributed by atoms with Gasteiger partial charge in [-0.15, -0.1) is 5.10 Å². The van der Waals surface area contributed by atoms with Crippen LogP contribution < -0.4 is 0 Å². The van der Waals surface area contributed by atoms with Crippen molar-refractivity contribution in [2.75, 3.05) is 0 Å². The third-order valence-electron chi connectivity index (χ3n) is 1.88. The Balaban J connectivity index is 2.70. The fraction of sp³-hybridized carbons (Fsp3) is 0.111. The van der Waals surface area contributed by atoms with Crippen LogP contribution in [0.3, 0.4) is 0 Å². The zero-order valence-electron chi connectivity index (χ0n) is 7.19. The predicted molar refractivity (Wildman–Crippen MR) is 47.9 cm³/mol. The van der Waals surface area contributed by atoms with Crippen molar-refractivity contribution in [1.29, 1.82) is 0 Å². The van der Waals surface area contributed by atoms with Crippen molar-refractivity contribution in [3.05, 3.63) is 36.9 Å². The Bertz CT molecular complexity index is 476. The molecule has 0 atom stereocenters. The molecule has 0 amide bonds. The van der Waals surface area contributed by atoms with Gasteiger partial charge < -0.3 is 0 Å². The molecule has 0 spiro atoms. The largest absolute Gasteiger partial charge is 0.365 e. The zero-order chi connectivity index (χ0) is 10.2. The quantitative estimate of drug-likeness (QED) is 0.687. The van der Waals surface area contributed by atoms with Crippen LogP contribution in [-0.4, -0.2) is 15.0 Å². The summed E-state index contributed by atoms with van der Waals surface area (Å²) in [7, 11) is 0.